The lowest BCUT2D eigenvalue weighted by Crippen LogP contribution is -2.44. The molecule has 4 nitrogen and oxygen atoms in total. The number of piperidine rings is 1. The van der Waals surface area contributed by atoms with E-state index in [4.69, 9.17) is 16.3 Å². The molecule has 132 valence electrons. The van der Waals surface area contributed by atoms with Gasteiger partial charge >= 0.3 is 0 Å². The van der Waals surface area contributed by atoms with Gasteiger partial charge in [0.1, 0.15) is 5.82 Å². The summed E-state index contributed by atoms with van der Waals surface area (Å²) in [6.07, 6.45) is 3.12. The number of rotatable bonds is 3. The Kier molecular flexibility index (Phi) is 5.13. The van der Waals surface area contributed by atoms with Crippen LogP contribution in [0, 0.1) is 11.2 Å². The van der Waals surface area contributed by atoms with Crippen molar-refractivity contribution in [1.29, 1.82) is 0 Å². The van der Waals surface area contributed by atoms with E-state index in [1.165, 1.54) is 18.2 Å². The number of carbonyl (C=O) groups is 1. The molecule has 2 fully saturated rings. The van der Waals surface area contributed by atoms with E-state index in [9.17, 15) is 9.18 Å². The molecule has 0 radical (unpaired) electrons. The molecule has 0 bridgehead atoms. The van der Waals surface area contributed by atoms with Gasteiger partial charge in [-0.15, -0.1) is 0 Å². The van der Waals surface area contributed by atoms with Crippen LogP contribution in [-0.4, -0.2) is 62.1 Å². The van der Waals surface area contributed by atoms with E-state index in [1.54, 1.807) is 7.11 Å². The molecular weight excluding hydrogens is 331 g/mol. The minimum Gasteiger partial charge on any atom is -0.383 e. The second kappa shape index (κ2) is 6.98. The fourth-order valence-corrected chi connectivity index (χ4v) is 4.30. The van der Waals surface area contributed by atoms with Crippen molar-refractivity contribution in [2.24, 2.45) is 5.41 Å². The van der Waals surface area contributed by atoms with Crippen LogP contribution in [0.1, 0.15) is 29.6 Å². The van der Waals surface area contributed by atoms with Gasteiger partial charge in [0.05, 0.1) is 11.6 Å². The lowest BCUT2D eigenvalue weighted by molar-refractivity contribution is 0.0592. The van der Waals surface area contributed by atoms with E-state index in [-0.39, 0.29) is 16.3 Å². The highest BCUT2D eigenvalue weighted by Crippen LogP contribution is 2.43. The Morgan fingerprint density at radius 3 is 2.75 bits per heavy atom. The molecule has 3 rings (SSSR count). The number of halogens is 2. The van der Waals surface area contributed by atoms with Crippen LogP contribution in [0.3, 0.4) is 0 Å². The maximum absolute atomic E-state index is 13.3. The molecule has 0 N–H and O–H groups in total. The Morgan fingerprint density at radius 2 is 2.12 bits per heavy atom. The van der Waals surface area contributed by atoms with Crippen LogP contribution in [0.25, 0.3) is 0 Å². The third-order valence-corrected chi connectivity index (χ3v) is 5.80. The van der Waals surface area contributed by atoms with Gasteiger partial charge in [-0.1, -0.05) is 11.6 Å². The lowest BCUT2D eigenvalue weighted by atomic mass is 9.76. The summed E-state index contributed by atoms with van der Waals surface area (Å²) in [6, 6.07) is 4.64. The van der Waals surface area contributed by atoms with Crippen LogP contribution in [0.4, 0.5) is 4.39 Å². The van der Waals surface area contributed by atoms with E-state index in [0.29, 0.717) is 11.6 Å². The topological polar surface area (TPSA) is 32.8 Å². The number of ether oxygens (including phenoxy) is 1. The number of nitrogens with zero attached hydrogens (tertiary/aromatic N) is 2. The minimum absolute atomic E-state index is 0.00541. The molecule has 1 aromatic carbocycles. The predicted molar refractivity (Wildman–Crippen MR) is 91.9 cm³/mol. The van der Waals surface area contributed by atoms with Gasteiger partial charge in [-0.25, -0.2) is 4.39 Å². The molecule has 1 spiro atoms. The van der Waals surface area contributed by atoms with E-state index in [0.717, 1.165) is 45.5 Å². The fraction of sp³-hybridized carbons (Fsp3) is 0.611. The monoisotopic (exact) mass is 354 g/mol. The highest BCUT2D eigenvalue weighted by Gasteiger charge is 2.44. The zero-order valence-corrected chi connectivity index (χ0v) is 15.0. The molecule has 2 saturated heterocycles. The number of hydrogen-bond donors (Lipinski definition) is 0. The molecule has 24 heavy (non-hydrogen) atoms. The predicted octanol–water partition coefficient (Wildman–Crippen LogP) is 3.05. The number of amides is 1. The molecule has 0 saturated carbocycles. The summed E-state index contributed by atoms with van der Waals surface area (Å²) in [5.74, 6) is -0.560. The molecule has 1 aromatic rings. The Bertz CT molecular complexity index is 617. The Balaban J connectivity index is 1.63. The van der Waals surface area contributed by atoms with Crippen LogP contribution >= 0.6 is 11.6 Å². The smallest absolute Gasteiger partial charge is 0.253 e. The number of methoxy groups -OCH3 is 1. The second-order valence-electron chi connectivity index (χ2n) is 7.15. The highest BCUT2D eigenvalue weighted by molar-refractivity contribution is 6.31. The number of benzene rings is 1. The fourth-order valence-electron chi connectivity index (χ4n) is 4.12. The van der Waals surface area contributed by atoms with Gasteiger partial charge in [-0.2, -0.15) is 0 Å². The highest BCUT2D eigenvalue weighted by atomic mass is 35.5. The van der Waals surface area contributed by atoms with Crippen molar-refractivity contribution in [1.82, 2.24) is 9.80 Å². The third-order valence-electron chi connectivity index (χ3n) is 5.51. The van der Waals surface area contributed by atoms with Crippen molar-refractivity contribution in [2.75, 3.05) is 40.4 Å². The van der Waals surface area contributed by atoms with Crippen molar-refractivity contribution in [3.05, 3.63) is 34.6 Å². The van der Waals surface area contributed by atoms with Crippen LogP contribution in [-0.2, 0) is 4.74 Å². The van der Waals surface area contributed by atoms with Crippen LogP contribution in [0.5, 0.6) is 0 Å². The minimum atomic E-state index is -0.496. The molecule has 1 amide bonds. The van der Waals surface area contributed by atoms with Crippen molar-refractivity contribution < 1.29 is 13.9 Å². The molecule has 6 heteroatoms. The van der Waals surface area contributed by atoms with Gasteiger partial charge in [-0.3, -0.25) is 4.79 Å². The molecule has 2 aliphatic heterocycles. The number of hydrogen-bond acceptors (Lipinski definition) is 3. The van der Waals surface area contributed by atoms with Crippen molar-refractivity contribution in [3.63, 3.8) is 0 Å². The second-order valence-corrected chi connectivity index (χ2v) is 7.56. The molecule has 0 aromatic heterocycles. The van der Waals surface area contributed by atoms with Gasteiger partial charge in [0, 0.05) is 38.3 Å². The van der Waals surface area contributed by atoms with Crippen LogP contribution in [0.2, 0.25) is 5.02 Å². The number of likely N-dealkylation sites (tertiary alicyclic amines) is 2. The molecule has 0 aliphatic carbocycles. The summed E-state index contributed by atoms with van der Waals surface area (Å²) < 4.78 is 18.6. The summed E-state index contributed by atoms with van der Waals surface area (Å²) in [7, 11) is 3.89. The molecular formula is C18H24ClFN2O2. The third kappa shape index (κ3) is 3.44. The largest absolute Gasteiger partial charge is 0.383 e. The normalized spacial score (nSPS) is 23.8. The summed E-state index contributed by atoms with van der Waals surface area (Å²) in [4.78, 5) is 16.8. The first-order chi connectivity index (χ1) is 11.4. The van der Waals surface area contributed by atoms with Crippen LogP contribution < -0.4 is 0 Å². The van der Waals surface area contributed by atoms with Crippen LogP contribution in [0.15, 0.2) is 18.2 Å². The molecule has 2 heterocycles. The number of likely N-dealkylation sites (N-methyl/N-ethyl adjacent to an activating group) is 1. The lowest BCUT2D eigenvalue weighted by Gasteiger charge is -2.39. The standard InChI is InChI=1S/C18H24ClFN2O2/c1-21-12-18(10-14(21)11-24-2)5-7-22(8-6-18)17(23)13-3-4-16(20)15(19)9-13/h3-4,9,14H,5-8,10-12H2,1-2H3/t14-/m0/s1. The maximum atomic E-state index is 13.3. The van der Waals surface area contributed by atoms with Gasteiger partial charge in [0.25, 0.3) is 5.91 Å². The quantitative estimate of drug-likeness (QED) is 0.836. The summed E-state index contributed by atoms with van der Waals surface area (Å²) >= 11 is 5.79. The van der Waals surface area contributed by atoms with Gasteiger partial charge in [-0.05, 0) is 49.9 Å². The van der Waals surface area contributed by atoms with Crippen molar-refractivity contribution >= 4 is 17.5 Å². The van der Waals surface area contributed by atoms with Gasteiger partial charge in [0.2, 0.25) is 0 Å². The SMILES string of the molecule is COC[C@@H]1CC2(CCN(C(=O)c3ccc(F)c(Cl)c3)CC2)CN1C. The van der Waals surface area contributed by atoms with Gasteiger partial charge < -0.3 is 14.5 Å². The average molecular weight is 355 g/mol. The maximum Gasteiger partial charge on any atom is 0.253 e. The van der Waals surface area contributed by atoms with E-state index in [1.807, 2.05) is 4.90 Å². The van der Waals surface area contributed by atoms with Crippen molar-refractivity contribution in [2.45, 2.75) is 25.3 Å². The van der Waals surface area contributed by atoms with Crippen molar-refractivity contribution in [3.8, 4) is 0 Å². The average Bonchev–Trinajstić information content (AvgIpc) is 2.86. The first kappa shape index (κ1) is 17.6. The van der Waals surface area contributed by atoms with E-state index in [2.05, 4.69) is 11.9 Å². The number of carbonyl (C=O) groups excluding carboxylic acids is 1. The summed E-state index contributed by atoms with van der Waals surface area (Å²) in [5, 5.41) is -0.00541. The first-order valence-electron chi connectivity index (χ1n) is 8.38. The Hall–Kier alpha value is -1.17. The molecule has 1 atom stereocenters. The molecule has 0 unspecified atom stereocenters. The zero-order valence-electron chi connectivity index (χ0n) is 14.2. The van der Waals surface area contributed by atoms with E-state index < -0.39 is 5.82 Å². The Morgan fingerprint density at radius 1 is 1.42 bits per heavy atom. The molecule has 2 aliphatic rings. The first-order valence-corrected chi connectivity index (χ1v) is 8.75. The Labute approximate surface area is 147 Å². The van der Waals surface area contributed by atoms with E-state index >= 15 is 0 Å². The van der Waals surface area contributed by atoms with Gasteiger partial charge in [0.15, 0.2) is 0 Å². The summed E-state index contributed by atoms with van der Waals surface area (Å²) in [6.45, 7) is 3.29. The summed E-state index contributed by atoms with van der Waals surface area (Å²) in [5.41, 5.74) is 0.743. The zero-order chi connectivity index (χ0) is 17.3.